The van der Waals surface area contributed by atoms with E-state index in [-0.39, 0.29) is 11.7 Å². The van der Waals surface area contributed by atoms with E-state index in [9.17, 15) is 9.59 Å². The van der Waals surface area contributed by atoms with E-state index in [1.165, 1.54) is 26.6 Å². The average molecular weight is 491 g/mol. The largest absolute Gasteiger partial charge is 0.493 e. The first kappa shape index (κ1) is 24.9. The second-order valence-electron chi connectivity index (χ2n) is 9.23. The number of aryl methyl sites for hydroxylation is 1. The molecule has 0 spiro atoms. The molecule has 2 heterocycles. The summed E-state index contributed by atoms with van der Waals surface area (Å²) < 4.78 is 22.1. The van der Waals surface area contributed by atoms with Crippen LogP contribution in [0.25, 0.3) is 6.08 Å². The summed E-state index contributed by atoms with van der Waals surface area (Å²) in [6.07, 6.45) is 3.55. The van der Waals surface area contributed by atoms with E-state index in [1.807, 2.05) is 39.0 Å². The fraction of sp³-hybridized carbons (Fsp3) is 0.286. The SMILES string of the molecule is COc1ccc(C(=O)N/C(=C\c2ccco2)C(=O)N[C@H]2CC(C)(C)Oc3cc(C)ccc32)cc1OC. The summed E-state index contributed by atoms with van der Waals surface area (Å²) in [4.78, 5) is 26.6. The summed E-state index contributed by atoms with van der Waals surface area (Å²) >= 11 is 0. The summed E-state index contributed by atoms with van der Waals surface area (Å²) in [6, 6.07) is 13.8. The minimum atomic E-state index is -0.480. The van der Waals surface area contributed by atoms with Crippen molar-refractivity contribution in [3.63, 3.8) is 0 Å². The minimum Gasteiger partial charge on any atom is -0.493 e. The van der Waals surface area contributed by atoms with Crippen molar-refractivity contribution in [2.45, 2.75) is 38.8 Å². The normalized spacial score (nSPS) is 16.4. The summed E-state index contributed by atoms with van der Waals surface area (Å²) in [5.74, 6) is 1.14. The van der Waals surface area contributed by atoms with Gasteiger partial charge in [0.05, 0.1) is 26.5 Å². The highest BCUT2D eigenvalue weighted by molar-refractivity contribution is 6.05. The fourth-order valence-corrected chi connectivity index (χ4v) is 4.17. The Balaban J connectivity index is 1.61. The van der Waals surface area contributed by atoms with Crippen molar-refractivity contribution in [1.82, 2.24) is 10.6 Å². The maximum atomic E-state index is 13.5. The molecule has 4 rings (SSSR count). The Labute approximate surface area is 210 Å². The van der Waals surface area contributed by atoms with Gasteiger partial charge < -0.3 is 29.3 Å². The second kappa shape index (κ2) is 10.2. The van der Waals surface area contributed by atoms with Crippen LogP contribution in [0.15, 0.2) is 64.9 Å². The van der Waals surface area contributed by atoms with Gasteiger partial charge in [-0.1, -0.05) is 12.1 Å². The molecule has 8 heteroatoms. The third-order valence-corrected chi connectivity index (χ3v) is 5.90. The third-order valence-electron chi connectivity index (χ3n) is 5.90. The van der Waals surface area contributed by atoms with Crippen LogP contribution in [0.2, 0.25) is 0 Å². The van der Waals surface area contributed by atoms with Gasteiger partial charge in [-0.15, -0.1) is 0 Å². The lowest BCUT2D eigenvalue weighted by molar-refractivity contribution is -0.119. The number of benzene rings is 2. The standard InChI is InChI=1S/C28H30N2O6/c1-17-8-10-20-22(16-28(2,3)36-24(20)13-17)30-27(32)21(15-19-7-6-12-35-19)29-26(31)18-9-11-23(33-4)25(14-18)34-5/h6-15,22H,16H2,1-5H3,(H,29,31)(H,30,32)/b21-15-/t22-/m0/s1. The highest BCUT2D eigenvalue weighted by Crippen LogP contribution is 2.40. The number of hydrogen-bond donors (Lipinski definition) is 2. The molecule has 0 aliphatic carbocycles. The van der Waals surface area contributed by atoms with Crippen LogP contribution >= 0.6 is 0 Å². The number of nitrogens with one attached hydrogen (secondary N) is 2. The number of amides is 2. The van der Waals surface area contributed by atoms with Crippen molar-refractivity contribution < 1.29 is 28.2 Å². The number of carbonyl (C=O) groups excluding carboxylic acids is 2. The van der Waals surface area contributed by atoms with Gasteiger partial charge in [0.25, 0.3) is 11.8 Å². The van der Waals surface area contributed by atoms with E-state index in [4.69, 9.17) is 18.6 Å². The van der Waals surface area contributed by atoms with Crippen molar-refractivity contribution in [2.75, 3.05) is 14.2 Å². The molecule has 0 saturated carbocycles. The van der Waals surface area contributed by atoms with E-state index in [2.05, 4.69) is 10.6 Å². The van der Waals surface area contributed by atoms with E-state index in [0.29, 0.717) is 29.2 Å². The fourth-order valence-electron chi connectivity index (χ4n) is 4.17. The van der Waals surface area contributed by atoms with Gasteiger partial charge in [0.2, 0.25) is 0 Å². The monoisotopic (exact) mass is 490 g/mol. The number of rotatable bonds is 7. The van der Waals surface area contributed by atoms with E-state index in [1.54, 1.807) is 30.3 Å². The lowest BCUT2D eigenvalue weighted by Crippen LogP contribution is -2.43. The summed E-state index contributed by atoms with van der Waals surface area (Å²) in [5.41, 5.74) is 1.82. The van der Waals surface area contributed by atoms with Crippen molar-refractivity contribution in [3.05, 3.63) is 82.9 Å². The molecule has 1 aliphatic rings. The van der Waals surface area contributed by atoms with Gasteiger partial charge in [0.15, 0.2) is 11.5 Å². The predicted octanol–water partition coefficient (Wildman–Crippen LogP) is 4.79. The van der Waals surface area contributed by atoms with Crippen LogP contribution in [0.1, 0.15) is 53.6 Å². The Morgan fingerprint density at radius 2 is 1.83 bits per heavy atom. The number of ether oxygens (including phenoxy) is 3. The van der Waals surface area contributed by atoms with E-state index >= 15 is 0 Å². The summed E-state index contributed by atoms with van der Waals surface area (Å²) in [7, 11) is 3.01. The van der Waals surface area contributed by atoms with Crippen LogP contribution in [-0.2, 0) is 4.79 Å². The first-order chi connectivity index (χ1) is 17.2. The molecule has 1 aliphatic heterocycles. The first-order valence-electron chi connectivity index (χ1n) is 11.6. The van der Waals surface area contributed by atoms with Gasteiger partial charge in [-0.25, -0.2) is 0 Å². The number of fused-ring (bicyclic) bond motifs is 1. The van der Waals surface area contributed by atoms with Crippen molar-refractivity contribution in [3.8, 4) is 17.2 Å². The first-order valence-corrected chi connectivity index (χ1v) is 11.6. The van der Waals surface area contributed by atoms with E-state index < -0.39 is 17.4 Å². The molecule has 3 aromatic rings. The van der Waals surface area contributed by atoms with Gasteiger partial charge in [0, 0.05) is 23.6 Å². The van der Waals surface area contributed by atoms with Crippen molar-refractivity contribution in [1.29, 1.82) is 0 Å². The lowest BCUT2D eigenvalue weighted by Gasteiger charge is -2.38. The Morgan fingerprint density at radius 3 is 2.53 bits per heavy atom. The van der Waals surface area contributed by atoms with Crippen LogP contribution in [0.3, 0.4) is 0 Å². The van der Waals surface area contributed by atoms with Crippen LogP contribution in [0.4, 0.5) is 0 Å². The zero-order valence-electron chi connectivity index (χ0n) is 21.0. The molecule has 2 aromatic carbocycles. The van der Waals surface area contributed by atoms with Gasteiger partial charge in [-0.3, -0.25) is 9.59 Å². The van der Waals surface area contributed by atoms with Crippen molar-refractivity contribution >= 4 is 17.9 Å². The maximum absolute atomic E-state index is 13.5. The summed E-state index contributed by atoms with van der Waals surface area (Å²) in [5, 5.41) is 5.80. The van der Waals surface area contributed by atoms with Gasteiger partial charge in [0.1, 0.15) is 22.8 Å². The Kier molecular flexibility index (Phi) is 7.05. The lowest BCUT2D eigenvalue weighted by atomic mass is 9.89. The molecule has 2 amide bonds. The topological polar surface area (TPSA) is 99.0 Å². The smallest absolute Gasteiger partial charge is 0.268 e. The molecule has 0 radical (unpaired) electrons. The highest BCUT2D eigenvalue weighted by Gasteiger charge is 2.35. The van der Waals surface area contributed by atoms with Gasteiger partial charge in [-0.2, -0.15) is 0 Å². The molecule has 8 nitrogen and oxygen atoms in total. The highest BCUT2D eigenvalue weighted by atomic mass is 16.5. The number of hydrogen-bond acceptors (Lipinski definition) is 6. The van der Waals surface area contributed by atoms with Crippen LogP contribution < -0.4 is 24.8 Å². The van der Waals surface area contributed by atoms with Gasteiger partial charge >= 0.3 is 0 Å². The molecule has 36 heavy (non-hydrogen) atoms. The maximum Gasteiger partial charge on any atom is 0.268 e. The molecule has 0 unspecified atom stereocenters. The molecule has 2 N–H and O–H groups in total. The third kappa shape index (κ3) is 5.54. The molecule has 1 atom stereocenters. The molecule has 1 aromatic heterocycles. The van der Waals surface area contributed by atoms with Crippen LogP contribution in [-0.4, -0.2) is 31.6 Å². The van der Waals surface area contributed by atoms with Crippen molar-refractivity contribution in [2.24, 2.45) is 0 Å². The minimum absolute atomic E-state index is 0.0442. The molecule has 188 valence electrons. The molecule has 0 saturated heterocycles. The van der Waals surface area contributed by atoms with E-state index in [0.717, 1.165) is 16.9 Å². The quantitative estimate of drug-likeness (QED) is 0.462. The predicted molar refractivity (Wildman–Crippen MR) is 135 cm³/mol. The van der Waals surface area contributed by atoms with Crippen LogP contribution in [0, 0.1) is 6.92 Å². The zero-order valence-corrected chi connectivity index (χ0v) is 21.0. The zero-order chi connectivity index (χ0) is 25.9. The number of carbonyl (C=O) groups is 2. The number of furan rings is 1. The molecular formula is C28H30N2O6. The molecular weight excluding hydrogens is 460 g/mol. The van der Waals surface area contributed by atoms with Gasteiger partial charge in [-0.05, 0) is 62.7 Å². The summed E-state index contributed by atoms with van der Waals surface area (Å²) in [6.45, 7) is 5.96. The Hall–Kier alpha value is -4.20. The molecule has 0 fully saturated rings. The number of methoxy groups -OCH3 is 2. The van der Waals surface area contributed by atoms with Crippen LogP contribution in [0.5, 0.6) is 17.2 Å². The Morgan fingerprint density at radius 1 is 1.06 bits per heavy atom. The average Bonchev–Trinajstić information content (AvgIpc) is 3.35. The molecule has 0 bridgehead atoms. The second-order valence-corrected chi connectivity index (χ2v) is 9.23. The Bertz CT molecular complexity index is 1290.